The molecule has 4 nitrogen and oxygen atoms in total. The summed E-state index contributed by atoms with van der Waals surface area (Å²) in [4.78, 5) is 12.3. The Kier molecular flexibility index (Phi) is 4.97. The Bertz CT molecular complexity index is 698. The zero-order chi connectivity index (χ0) is 15.1. The Labute approximate surface area is 123 Å². The zero-order valence-corrected chi connectivity index (χ0v) is 11.6. The van der Waals surface area contributed by atoms with Crippen LogP contribution >= 0.6 is 0 Å². The van der Waals surface area contributed by atoms with Crippen molar-refractivity contribution in [2.24, 2.45) is 0 Å². The van der Waals surface area contributed by atoms with E-state index in [1.165, 1.54) is 0 Å². The second kappa shape index (κ2) is 7.13. The predicted octanol–water partition coefficient (Wildman–Crippen LogP) is 2.29. The normalized spacial score (nSPS) is 9.43. The number of aliphatic hydroxyl groups excluding tert-OH is 1. The van der Waals surface area contributed by atoms with E-state index in [0.717, 1.165) is 0 Å². The molecule has 0 aliphatic carbocycles. The van der Waals surface area contributed by atoms with Gasteiger partial charge in [-0.15, -0.1) is 0 Å². The number of amides is 1. The molecule has 0 radical (unpaired) electrons. The molecule has 0 aromatic heterocycles. The Morgan fingerprint density at radius 1 is 1.24 bits per heavy atom. The number of nitrogens with one attached hydrogen (secondary N) is 1. The van der Waals surface area contributed by atoms with Gasteiger partial charge in [0.2, 0.25) is 0 Å². The summed E-state index contributed by atoms with van der Waals surface area (Å²) in [6.45, 7) is -0.244. The molecule has 0 aliphatic rings. The monoisotopic (exact) mass is 281 g/mol. The van der Waals surface area contributed by atoms with Crippen molar-refractivity contribution >= 4 is 11.6 Å². The molecule has 1 amide bonds. The van der Waals surface area contributed by atoms with Crippen molar-refractivity contribution in [3.05, 3.63) is 59.7 Å². The van der Waals surface area contributed by atoms with Gasteiger partial charge < -0.3 is 15.2 Å². The first kappa shape index (κ1) is 14.6. The van der Waals surface area contributed by atoms with Crippen molar-refractivity contribution in [3.63, 3.8) is 0 Å². The Morgan fingerprint density at radius 3 is 2.81 bits per heavy atom. The van der Waals surface area contributed by atoms with Crippen LogP contribution in [-0.2, 0) is 0 Å². The highest BCUT2D eigenvalue weighted by Gasteiger charge is 2.10. The number of rotatable bonds is 3. The van der Waals surface area contributed by atoms with E-state index in [9.17, 15) is 4.79 Å². The fourth-order valence-electron chi connectivity index (χ4n) is 1.82. The maximum Gasteiger partial charge on any atom is 0.256 e. The summed E-state index contributed by atoms with van der Waals surface area (Å²) in [5.41, 5.74) is 1.68. The molecular weight excluding hydrogens is 266 g/mol. The van der Waals surface area contributed by atoms with E-state index in [-0.39, 0.29) is 12.5 Å². The van der Waals surface area contributed by atoms with E-state index < -0.39 is 0 Å². The molecule has 4 heteroatoms. The lowest BCUT2D eigenvalue weighted by Crippen LogP contribution is -2.13. The van der Waals surface area contributed by atoms with Crippen LogP contribution in [0.3, 0.4) is 0 Å². The Hall–Kier alpha value is -2.77. The quantitative estimate of drug-likeness (QED) is 0.849. The average Bonchev–Trinajstić information content (AvgIpc) is 2.53. The van der Waals surface area contributed by atoms with Crippen LogP contribution in [0, 0.1) is 11.8 Å². The molecule has 2 N–H and O–H groups in total. The van der Waals surface area contributed by atoms with Crippen LogP contribution in [0.15, 0.2) is 48.5 Å². The molecule has 2 aromatic carbocycles. The number of carbonyl (C=O) groups excluding carboxylic acids is 1. The van der Waals surface area contributed by atoms with E-state index in [1.807, 2.05) is 0 Å². The van der Waals surface area contributed by atoms with Crippen LogP contribution in [-0.4, -0.2) is 24.7 Å². The van der Waals surface area contributed by atoms with Gasteiger partial charge in [-0.25, -0.2) is 0 Å². The third-order valence-electron chi connectivity index (χ3n) is 2.80. The van der Waals surface area contributed by atoms with Gasteiger partial charge in [-0.1, -0.05) is 30.0 Å². The minimum Gasteiger partial charge on any atom is -0.497 e. The number of hydrogen-bond acceptors (Lipinski definition) is 3. The lowest BCUT2D eigenvalue weighted by Gasteiger charge is -2.08. The molecular formula is C17H15NO3. The van der Waals surface area contributed by atoms with Gasteiger partial charge in [0.15, 0.2) is 0 Å². The second-order valence-corrected chi connectivity index (χ2v) is 4.19. The van der Waals surface area contributed by atoms with Crippen LogP contribution in [0.5, 0.6) is 5.75 Å². The molecule has 106 valence electrons. The number of benzene rings is 2. The Balaban J connectivity index is 2.24. The molecule has 0 saturated heterocycles. The van der Waals surface area contributed by atoms with Crippen LogP contribution < -0.4 is 10.1 Å². The van der Waals surface area contributed by atoms with Gasteiger partial charge >= 0.3 is 0 Å². The van der Waals surface area contributed by atoms with Gasteiger partial charge in [0.1, 0.15) is 12.4 Å². The summed E-state index contributed by atoms with van der Waals surface area (Å²) >= 11 is 0. The molecule has 2 rings (SSSR count). The third kappa shape index (κ3) is 3.85. The number of anilines is 1. The smallest absolute Gasteiger partial charge is 0.256 e. The van der Waals surface area contributed by atoms with Crippen LogP contribution in [0.2, 0.25) is 0 Å². The SMILES string of the molecule is COc1cccc(NC(=O)c2ccccc2C#CCO)c1. The molecule has 0 bridgehead atoms. The molecule has 0 unspecified atom stereocenters. The topological polar surface area (TPSA) is 58.6 Å². The molecule has 0 fully saturated rings. The van der Waals surface area contributed by atoms with E-state index in [2.05, 4.69) is 17.2 Å². The minimum absolute atomic E-state index is 0.244. The predicted molar refractivity (Wildman–Crippen MR) is 81.4 cm³/mol. The number of aliphatic hydroxyl groups is 1. The van der Waals surface area contributed by atoms with Crippen LogP contribution in [0.25, 0.3) is 0 Å². The van der Waals surface area contributed by atoms with Gasteiger partial charge in [-0.3, -0.25) is 4.79 Å². The molecule has 0 heterocycles. The van der Waals surface area contributed by atoms with Gasteiger partial charge in [0.25, 0.3) is 5.91 Å². The van der Waals surface area contributed by atoms with Crippen LogP contribution in [0.1, 0.15) is 15.9 Å². The first-order chi connectivity index (χ1) is 10.2. The molecule has 0 atom stereocenters. The van der Waals surface area contributed by atoms with Crippen molar-refractivity contribution < 1.29 is 14.6 Å². The van der Waals surface area contributed by atoms with E-state index >= 15 is 0 Å². The van der Waals surface area contributed by atoms with Crippen molar-refractivity contribution in [3.8, 4) is 17.6 Å². The number of hydrogen-bond donors (Lipinski definition) is 2. The summed E-state index contributed by atoms with van der Waals surface area (Å²) in [5.74, 6) is 5.72. The first-order valence-corrected chi connectivity index (χ1v) is 6.38. The fourth-order valence-corrected chi connectivity index (χ4v) is 1.82. The molecule has 0 saturated carbocycles. The molecule has 21 heavy (non-hydrogen) atoms. The van der Waals surface area contributed by atoms with Crippen LogP contribution in [0.4, 0.5) is 5.69 Å². The fraction of sp³-hybridized carbons (Fsp3) is 0.118. The summed E-state index contributed by atoms with van der Waals surface area (Å²) < 4.78 is 5.12. The van der Waals surface area contributed by atoms with Gasteiger partial charge in [-0.05, 0) is 24.3 Å². The maximum absolute atomic E-state index is 12.3. The highest BCUT2D eigenvalue weighted by molar-refractivity contribution is 6.06. The van der Waals surface area contributed by atoms with Gasteiger partial charge in [0, 0.05) is 17.3 Å². The van der Waals surface area contributed by atoms with Crippen molar-refractivity contribution in [2.75, 3.05) is 19.0 Å². The highest BCUT2D eigenvalue weighted by Crippen LogP contribution is 2.18. The minimum atomic E-state index is -0.258. The van der Waals surface area contributed by atoms with E-state index in [1.54, 1.807) is 55.6 Å². The standard InChI is InChI=1S/C17H15NO3/c1-21-15-9-4-8-14(12-15)18-17(20)16-10-3-2-6-13(16)7-5-11-19/h2-4,6,8-10,12,19H,11H2,1H3,(H,18,20). The maximum atomic E-state index is 12.3. The number of carbonyl (C=O) groups is 1. The van der Waals surface area contributed by atoms with E-state index in [4.69, 9.17) is 9.84 Å². The van der Waals surface area contributed by atoms with Crippen molar-refractivity contribution in [1.29, 1.82) is 0 Å². The number of methoxy groups -OCH3 is 1. The first-order valence-electron chi connectivity index (χ1n) is 6.38. The van der Waals surface area contributed by atoms with Crippen molar-refractivity contribution in [1.82, 2.24) is 0 Å². The van der Waals surface area contributed by atoms with Crippen molar-refractivity contribution in [2.45, 2.75) is 0 Å². The Morgan fingerprint density at radius 2 is 2.05 bits per heavy atom. The molecule has 2 aromatic rings. The molecule has 0 aliphatic heterocycles. The second-order valence-electron chi connectivity index (χ2n) is 4.19. The third-order valence-corrected chi connectivity index (χ3v) is 2.80. The lowest BCUT2D eigenvalue weighted by atomic mass is 10.1. The molecule has 0 spiro atoms. The zero-order valence-electron chi connectivity index (χ0n) is 11.6. The summed E-state index contributed by atoms with van der Waals surface area (Å²) in [7, 11) is 1.57. The lowest BCUT2D eigenvalue weighted by molar-refractivity contribution is 0.102. The highest BCUT2D eigenvalue weighted by atomic mass is 16.5. The van der Waals surface area contributed by atoms with Gasteiger partial charge in [-0.2, -0.15) is 0 Å². The summed E-state index contributed by atoms with van der Waals surface area (Å²) in [6, 6.07) is 14.1. The average molecular weight is 281 g/mol. The summed E-state index contributed by atoms with van der Waals surface area (Å²) in [5, 5.41) is 11.6. The van der Waals surface area contributed by atoms with Gasteiger partial charge in [0.05, 0.1) is 12.7 Å². The largest absolute Gasteiger partial charge is 0.497 e. The number of ether oxygens (including phenoxy) is 1. The van der Waals surface area contributed by atoms with E-state index in [0.29, 0.717) is 22.6 Å². The summed E-state index contributed by atoms with van der Waals surface area (Å²) in [6.07, 6.45) is 0.